The predicted octanol–water partition coefficient (Wildman–Crippen LogP) is 1.68. The maximum atomic E-state index is 12.8. The Bertz CT molecular complexity index is 341. The van der Waals surface area contributed by atoms with E-state index in [0.717, 1.165) is 0 Å². The monoisotopic (exact) mass is 191 g/mol. The molecule has 0 atom stereocenters. The number of aromatic nitrogens is 1. The van der Waals surface area contributed by atoms with E-state index in [-0.39, 0.29) is 6.29 Å². The quantitative estimate of drug-likeness (QED) is 0.723. The molecule has 70 valence electrons. The number of carbonyl (C=O) groups is 1. The van der Waals surface area contributed by atoms with Crippen LogP contribution in [-0.4, -0.2) is 16.4 Å². The number of halogens is 3. The first-order valence-corrected chi connectivity index (χ1v) is 3.18. The van der Waals surface area contributed by atoms with Crippen LogP contribution in [0.4, 0.5) is 13.2 Å². The Morgan fingerprint density at radius 3 is 2.62 bits per heavy atom. The fourth-order valence-corrected chi connectivity index (χ4v) is 0.793. The molecule has 0 aliphatic rings. The Labute approximate surface area is 70.8 Å². The summed E-state index contributed by atoms with van der Waals surface area (Å²) in [6.45, 7) is 0. The molecule has 0 aliphatic carbocycles. The molecule has 0 amide bonds. The Morgan fingerprint density at radius 1 is 1.54 bits per heavy atom. The third-order valence-electron chi connectivity index (χ3n) is 1.39. The lowest BCUT2D eigenvalue weighted by molar-refractivity contribution is 0.109. The van der Waals surface area contributed by atoms with Crippen molar-refractivity contribution in [3.05, 3.63) is 23.3 Å². The Balaban J connectivity index is 3.38. The molecule has 0 aromatic carbocycles. The lowest BCUT2D eigenvalue weighted by Crippen LogP contribution is -2.00. The van der Waals surface area contributed by atoms with Gasteiger partial charge in [-0.3, -0.25) is 9.78 Å². The minimum Gasteiger partial charge on any atom is -0.504 e. The van der Waals surface area contributed by atoms with Crippen molar-refractivity contribution in [1.29, 1.82) is 0 Å². The van der Waals surface area contributed by atoms with Crippen LogP contribution >= 0.6 is 0 Å². The third kappa shape index (κ3) is 1.61. The van der Waals surface area contributed by atoms with Crippen LogP contribution in [0, 0.1) is 5.82 Å². The zero-order valence-electron chi connectivity index (χ0n) is 6.17. The van der Waals surface area contributed by atoms with E-state index in [4.69, 9.17) is 5.11 Å². The van der Waals surface area contributed by atoms with Crippen LogP contribution in [0.15, 0.2) is 6.20 Å². The van der Waals surface area contributed by atoms with Gasteiger partial charge in [-0.25, -0.2) is 13.2 Å². The van der Waals surface area contributed by atoms with E-state index in [1.165, 1.54) is 0 Å². The van der Waals surface area contributed by atoms with Gasteiger partial charge in [-0.1, -0.05) is 0 Å². The summed E-state index contributed by atoms with van der Waals surface area (Å²) in [7, 11) is 0. The van der Waals surface area contributed by atoms with Gasteiger partial charge in [0.2, 0.25) is 0 Å². The second kappa shape index (κ2) is 3.42. The fraction of sp³-hybridized carbons (Fsp3) is 0.143. The second-order valence-corrected chi connectivity index (χ2v) is 2.17. The van der Waals surface area contributed by atoms with Crippen molar-refractivity contribution in [3.8, 4) is 5.75 Å². The highest BCUT2D eigenvalue weighted by Crippen LogP contribution is 2.25. The van der Waals surface area contributed by atoms with E-state index in [2.05, 4.69) is 4.98 Å². The molecule has 0 aliphatic heterocycles. The molecule has 1 aromatic rings. The number of hydrogen-bond donors (Lipinski definition) is 1. The first kappa shape index (κ1) is 9.50. The van der Waals surface area contributed by atoms with Gasteiger partial charge in [0.25, 0.3) is 6.43 Å². The van der Waals surface area contributed by atoms with Crippen LogP contribution in [0.2, 0.25) is 0 Å². The van der Waals surface area contributed by atoms with Crippen molar-refractivity contribution in [2.75, 3.05) is 0 Å². The Morgan fingerprint density at radius 2 is 2.15 bits per heavy atom. The molecule has 0 saturated heterocycles. The molecule has 0 fully saturated rings. The number of hydrogen-bond acceptors (Lipinski definition) is 3. The third-order valence-corrected chi connectivity index (χ3v) is 1.39. The van der Waals surface area contributed by atoms with Gasteiger partial charge in [0.05, 0.1) is 11.8 Å². The molecule has 0 bridgehead atoms. The number of nitrogens with zero attached hydrogens (tertiary/aromatic N) is 1. The van der Waals surface area contributed by atoms with Crippen LogP contribution in [0.5, 0.6) is 5.75 Å². The highest BCUT2D eigenvalue weighted by Gasteiger charge is 2.20. The SMILES string of the molecule is O=Cc1c(C(F)F)ncc(O)c1F. The summed E-state index contributed by atoms with van der Waals surface area (Å²) in [6.07, 6.45) is -2.62. The maximum Gasteiger partial charge on any atom is 0.281 e. The molecule has 0 spiro atoms. The van der Waals surface area contributed by atoms with Gasteiger partial charge >= 0.3 is 0 Å². The van der Waals surface area contributed by atoms with Crippen molar-refractivity contribution < 1.29 is 23.1 Å². The van der Waals surface area contributed by atoms with Gasteiger partial charge in [0.1, 0.15) is 5.69 Å². The molecule has 6 heteroatoms. The summed E-state index contributed by atoms with van der Waals surface area (Å²) in [6, 6.07) is 0. The predicted molar refractivity (Wildman–Crippen MR) is 36.2 cm³/mol. The molecule has 3 nitrogen and oxygen atoms in total. The molecule has 1 rings (SSSR count). The lowest BCUT2D eigenvalue weighted by Gasteiger charge is -2.03. The first-order chi connectivity index (χ1) is 6.07. The van der Waals surface area contributed by atoms with E-state index in [1.54, 1.807) is 0 Å². The van der Waals surface area contributed by atoms with Gasteiger partial charge < -0.3 is 5.11 Å². The average Bonchev–Trinajstić information content (AvgIpc) is 2.09. The van der Waals surface area contributed by atoms with Crippen LogP contribution in [0.1, 0.15) is 22.5 Å². The van der Waals surface area contributed by atoms with Crippen LogP contribution in [0.3, 0.4) is 0 Å². The summed E-state index contributed by atoms with van der Waals surface area (Å²) >= 11 is 0. The summed E-state index contributed by atoms with van der Waals surface area (Å²) in [5, 5.41) is 8.70. The Hall–Kier alpha value is -1.59. The molecule has 1 N–H and O–H groups in total. The van der Waals surface area contributed by atoms with Crippen LogP contribution < -0.4 is 0 Å². The zero-order valence-corrected chi connectivity index (χ0v) is 6.17. The second-order valence-electron chi connectivity index (χ2n) is 2.17. The standard InChI is InChI=1S/C7H4F3NO2/c8-5-3(2-12)6(7(9)10)11-1-4(5)13/h1-2,7,13H. The molecule has 0 saturated carbocycles. The van der Waals surface area contributed by atoms with Gasteiger partial charge in [-0.2, -0.15) is 0 Å². The maximum absolute atomic E-state index is 12.8. The van der Waals surface area contributed by atoms with Crippen LogP contribution in [0.25, 0.3) is 0 Å². The molecular formula is C7H4F3NO2. The number of aldehydes is 1. The molecular weight excluding hydrogens is 187 g/mol. The number of alkyl halides is 2. The summed E-state index contributed by atoms with van der Waals surface area (Å²) in [4.78, 5) is 13.2. The van der Waals surface area contributed by atoms with Crippen molar-refractivity contribution in [2.45, 2.75) is 6.43 Å². The summed E-state index contributed by atoms with van der Waals surface area (Å²) in [5.74, 6) is -2.30. The van der Waals surface area contributed by atoms with E-state index in [9.17, 15) is 18.0 Å². The number of carbonyl (C=O) groups excluding carboxylic acids is 1. The van der Waals surface area contributed by atoms with Gasteiger partial charge in [-0.15, -0.1) is 0 Å². The van der Waals surface area contributed by atoms with Crippen molar-refractivity contribution in [1.82, 2.24) is 4.98 Å². The molecule has 0 unspecified atom stereocenters. The molecule has 13 heavy (non-hydrogen) atoms. The largest absolute Gasteiger partial charge is 0.504 e. The number of aromatic hydroxyl groups is 1. The Kier molecular flexibility index (Phi) is 2.50. The van der Waals surface area contributed by atoms with Crippen LogP contribution in [-0.2, 0) is 0 Å². The zero-order chi connectivity index (χ0) is 10.0. The van der Waals surface area contributed by atoms with E-state index in [1.807, 2.05) is 0 Å². The smallest absolute Gasteiger partial charge is 0.281 e. The van der Waals surface area contributed by atoms with E-state index >= 15 is 0 Å². The van der Waals surface area contributed by atoms with Gasteiger partial charge in [-0.05, 0) is 0 Å². The highest BCUT2D eigenvalue weighted by atomic mass is 19.3. The first-order valence-electron chi connectivity index (χ1n) is 3.18. The lowest BCUT2D eigenvalue weighted by atomic mass is 10.2. The van der Waals surface area contributed by atoms with E-state index in [0.29, 0.717) is 6.20 Å². The number of rotatable bonds is 2. The number of pyridine rings is 1. The van der Waals surface area contributed by atoms with Crippen molar-refractivity contribution in [2.24, 2.45) is 0 Å². The molecule has 1 heterocycles. The highest BCUT2D eigenvalue weighted by molar-refractivity contribution is 5.77. The molecule has 0 radical (unpaired) electrons. The normalized spacial score (nSPS) is 10.5. The minimum absolute atomic E-state index is 0.108. The summed E-state index contributed by atoms with van der Waals surface area (Å²) < 4.78 is 36.9. The fourth-order valence-electron chi connectivity index (χ4n) is 0.793. The van der Waals surface area contributed by atoms with Crippen molar-refractivity contribution in [3.63, 3.8) is 0 Å². The van der Waals surface area contributed by atoms with Gasteiger partial charge in [0.15, 0.2) is 17.9 Å². The van der Waals surface area contributed by atoms with Gasteiger partial charge in [0, 0.05) is 0 Å². The van der Waals surface area contributed by atoms with E-state index < -0.39 is 29.2 Å². The topological polar surface area (TPSA) is 50.2 Å². The average molecular weight is 191 g/mol. The molecule has 1 aromatic heterocycles. The summed E-state index contributed by atoms with van der Waals surface area (Å²) in [5.41, 5.74) is -1.87. The van der Waals surface area contributed by atoms with Crippen molar-refractivity contribution >= 4 is 6.29 Å². The minimum atomic E-state index is -3.05.